The molecule has 4 amide bonds. The van der Waals surface area contributed by atoms with Crippen LogP contribution in [0.25, 0.3) is 0 Å². The van der Waals surface area contributed by atoms with Crippen molar-refractivity contribution >= 4 is 35.3 Å². The Bertz CT molecular complexity index is 934. The SMILES string of the molecule is C[C@@]1(c2ccccc2)NC(=O)N(CC(=O)N2CCCSc3ccccc32)C1=O. The second-order valence-electron chi connectivity index (χ2n) is 7.03. The number of hydrogen-bond donors (Lipinski definition) is 1. The zero-order valence-electron chi connectivity index (χ0n) is 15.6. The monoisotopic (exact) mass is 395 g/mol. The van der Waals surface area contributed by atoms with Crippen molar-refractivity contribution in [2.45, 2.75) is 23.8 Å². The van der Waals surface area contributed by atoms with Gasteiger partial charge in [0, 0.05) is 11.4 Å². The van der Waals surface area contributed by atoms with Crippen molar-refractivity contribution in [3.63, 3.8) is 0 Å². The zero-order chi connectivity index (χ0) is 19.7. The van der Waals surface area contributed by atoms with Crippen molar-refractivity contribution in [2.75, 3.05) is 23.7 Å². The fourth-order valence-corrected chi connectivity index (χ4v) is 4.61. The number of thioether (sulfide) groups is 1. The highest BCUT2D eigenvalue weighted by Crippen LogP contribution is 2.34. The van der Waals surface area contributed by atoms with Crippen molar-refractivity contribution in [2.24, 2.45) is 0 Å². The molecule has 2 aliphatic rings. The number of amides is 4. The molecule has 0 unspecified atom stereocenters. The number of benzene rings is 2. The van der Waals surface area contributed by atoms with Gasteiger partial charge in [-0.15, -0.1) is 11.8 Å². The van der Waals surface area contributed by atoms with E-state index in [2.05, 4.69) is 5.32 Å². The van der Waals surface area contributed by atoms with Crippen LogP contribution in [0.5, 0.6) is 0 Å². The molecule has 6 nitrogen and oxygen atoms in total. The van der Waals surface area contributed by atoms with Crippen LogP contribution in [0.4, 0.5) is 10.5 Å². The van der Waals surface area contributed by atoms with E-state index in [1.54, 1.807) is 35.7 Å². The standard InChI is InChI=1S/C21H21N3O3S/c1-21(15-8-3-2-4-9-15)19(26)24(20(27)22-21)14-18(25)23-12-7-13-28-17-11-6-5-10-16(17)23/h2-6,8-11H,7,12-14H2,1H3,(H,22,27)/t21-/m0/s1. The fourth-order valence-electron chi connectivity index (χ4n) is 3.61. The lowest BCUT2D eigenvalue weighted by atomic mass is 9.92. The Hall–Kier alpha value is -2.80. The van der Waals surface area contributed by atoms with E-state index >= 15 is 0 Å². The minimum atomic E-state index is -1.16. The van der Waals surface area contributed by atoms with E-state index in [9.17, 15) is 14.4 Å². The highest BCUT2D eigenvalue weighted by Gasteiger charge is 2.49. The molecule has 1 saturated heterocycles. The number of hydrogen-bond acceptors (Lipinski definition) is 4. The minimum Gasteiger partial charge on any atom is -0.319 e. The molecule has 4 rings (SSSR count). The van der Waals surface area contributed by atoms with Crippen molar-refractivity contribution < 1.29 is 14.4 Å². The first kappa shape index (κ1) is 18.6. The molecule has 0 saturated carbocycles. The van der Waals surface area contributed by atoms with E-state index in [1.165, 1.54) is 0 Å². The number of anilines is 1. The van der Waals surface area contributed by atoms with Crippen molar-refractivity contribution in [3.05, 3.63) is 60.2 Å². The number of urea groups is 1. The van der Waals surface area contributed by atoms with E-state index in [4.69, 9.17) is 0 Å². The Morgan fingerprint density at radius 2 is 1.82 bits per heavy atom. The Morgan fingerprint density at radius 3 is 2.61 bits per heavy atom. The zero-order valence-corrected chi connectivity index (χ0v) is 16.4. The van der Waals surface area contributed by atoms with Gasteiger partial charge >= 0.3 is 6.03 Å². The molecule has 0 aliphatic carbocycles. The van der Waals surface area contributed by atoms with E-state index in [1.807, 2.05) is 42.5 Å². The van der Waals surface area contributed by atoms with Crippen molar-refractivity contribution in [1.82, 2.24) is 10.2 Å². The van der Waals surface area contributed by atoms with Gasteiger partial charge in [0.1, 0.15) is 12.1 Å². The summed E-state index contributed by atoms with van der Waals surface area (Å²) >= 11 is 1.72. The molecule has 7 heteroatoms. The van der Waals surface area contributed by atoms with Crippen LogP contribution in [0.15, 0.2) is 59.5 Å². The predicted octanol–water partition coefficient (Wildman–Crippen LogP) is 2.98. The van der Waals surface area contributed by atoms with Crippen LogP contribution in [-0.2, 0) is 15.1 Å². The Balaban J connectivity index is 1.57. The summed E-state index contributed by atoms with van der Waals surface area (Å²) in [5, 5.41) is 2.75. The number of nitrogens with zero attached hydrogens (tertiary/aromatic N) is 2. The van der Waals surface area contributed by atoms with Crippen molar-refractivity contribution in [3.8, 4) is 0 Å². The van der Waals surface area contributed by atoms with Crippen LogP contribution < -0.4 is 10.2 Å². The summed E-state index contributed by atoms with van der Waals surface area (Å²) in [6, 6.07) is 16.3. The minimum absolute atomic E-state index is 0.254. The average Bonchev–Trinajstić information content (AvgIpc) is 2.87. The van der Waals surface area contributed by atoms with Crippen LogP contribution in [0.3, 0.4) is 0 Å². The molecule has 2 aromatic rings. The third kappa shape index (κ3) is 3.16. The van der Waals surface area contributed by atoms with Gasteiger partial charge in [-0.1, -0.05) is 42.5 Å². The van der Waals surface area contributed by atoms with Gasteiger partial charge < -0.3 is 10.2 Å². The van der Waals surface area contributed by atoms with Crippen LogP contribution in [0, 0.1) is 0 Å². The second-order valence-corrected chi connectivity index (χ2v) is 8.16. The normalized spacial score (nSPS) is 21.9. The summed E-state index contributed by atoms with van der Waals surface area (Å²) < 4.78 is 0. The first-order valence-electron chi connectivity index (χ1n) is 9.22. The molecule has 1 N–H and O–H groups in total. The lowest BCUT2D eigenvalue weighted by molar-refractivity contribution is -0.134. The van der Waals surface area contributed by atoms with Gasteiger partial charge in [0.15, 0.2) is 0 Å². The maximum Gasteiger partial charge on any atom is 0.325 e. The summed E-state index contributed by atoms with van der Waals surface area (Å²) in [5.41, 5.74) is 0.373. The molecule has 1 fully saturated rings. The molecular formula is C21H21N3O3S. The molecule has 144 valence electrons. The van der Waals surface area contributed by atoms with Crippen molar-refractivity contribution in [1.29, 1.82) is 0 Å². The fraction of sp³-hybridized carbons (Fsp3) is 0.286. The van der Waals surface area contributed by atoms with Crippen LogP contribution in [-0.4, -0.2) is 41.6 Å². The molecule has 2 heterocycles. The number of fused-ring (bicyclic) bond motifs is 1. The molecule has 1 atom stereocenters. The second kappa shape index (κ2) is 7.31. The maximum absolute atomic E-state index is 13.1. The van der Waals surface area contributed by atoms with Crippen LogP contribution >= 0.6 is 11.8 Å². The van der Waals surface area contributed by atoms with Gasteiger partial charge in [0.2, 0.25) is 5.91 Å². The Morgan fingerprint density at radius 1 is 1.11 bits per heavy atom. The van der Waals surface area contributed by atoms with E-state index in [-0.39, 0.29) is 12.5 Å². The van der Waals surface area contributed by atoms with Crippen LogP contribution in [0.1, 0.15) is 18.9 Å². The summed E-state index contributed by atoms with van der Waals surface area (Å²) in [6.45, 7) is 1.97. The van der Waals surface area contributed by atoms with Gasteiger partial charge in [-0.2, -0.15) is 0 Å². The molecule has 0 radical (unpaired) electrons. The number of para-hydroxylation sites is 1. The third-order valence-electron chi connectivity index (χ3n) is 5.16. The molecule has 28 heavy (non-hydrogen) atoms. The summed E-state index contributed by atoms with van der Waals surface area (Å²) in [6.07, 6.45) is 0.854. The molecular weight excluding hydrogens is 374 g/mol. The van der Waals surface area contributed by atoms with Gasteiger partial charge in [0.25, 0.3) is 5.91 Å². The summed E-state index contributed by atoms with van der Waals surface area (Å²) in [5.74, 6) is 0.265. The summed E-state index contributed by atoms with van der Waals surface area (Å²) in [7, 11) is 0. The van der Waals surface area contributed by atoms with Gasteiger partial charge in [0.05, 0.1) is 5.69 Å². The first-order valence-corrected chi connectivity index (χ1v) is 10.2. The predicted molar refractivity (Wildman–Crippen MR) is 108 cm³/mol. The smallest absolute Gasteiger partial charge is 0.319 e. The number of imide groups is 1. The number of carbonyl (C=O) groups is 3. The molecule has 0 bridgehead atoms. The maximum atomic E-state index is 13.1. The highest BCUT2D eigenvalue weighted by atomic mass is 32.2. The Labute approximate surface area is 167 Å². The van der Waals surface area contributed by atoms with Crippen LogP contribution in [0.2, 0.25) is 0 Å². The van der Waals surface area contributed by atoms with Gasteiger partial charge in [-0.3, -0.25) is 14.5 Å². The highest BCUT2D eigenvalue weighted by molar-refractivity contribution is 7.99. The Kier molecular flexibility index (Phi) is 4.85. The molecule has 0 spiro atoms. The lowest BCUT2D eigenvalue weighted by Gasteiger charge is -2.25. The number of rotatable bonds is 3. The average molecular weight is 395 g/mol. The lowest BCUT2D eigenvalue weighted by Crippen LogP contribution is -2.45. The number of carbonyl (C=O) groups excluding carboxylic acids is 3. The van der Waals surface area contributed by atoms with E-state index < -0.39 is 17.5 Å². The number of nitrogens with one attached hydrogen (secondary N) is 1. The van der Waals surface area contributed by atoms with Gasteiger partial charge in [-0.05, 0) is 36.8 Å². The molecule has 2 aromatic carbocycles. The van der Waals surface area contributed by atoms with E-state index in [0.29, 0.717) is 12.1 Å². The summed E-state index contributed by atoms with van der Waals surface area (Å²) in [4.78, 5) is 42.4. The van der Waals surface area contributed by atoms with Gasteiger partial charge in [-0.25, -0.2) is 4.79 Å². The third-order valence-corrected chi connectivity index (χ3v) is 6.31. The van der Waals surface area contributed by atoms with E-state index in [0.717, 1.165) is 27.7 Å². The molecule has 0 aromatic heterocycles. The topological polar surface area (TPSA) is 69.7 Å². The first-order chi connectivity index (χ1) is 13.5. The quantitative estimate of drug-likeness (QED) is 0.812. The molecule has 2 aliphatic heterocycles. The largest absolute Gasteiger partial charge is 0.325 e.